The molecule has 2 saturated heterocycles. The van der Waals surface area contributed by atoms with E-state index in [0.29, 0.717) is 29.0 Å². The Bertz CT molecular complexity index is 1270. The molecule has 1 aromatic carbocycles. The number of imidazole rings is 1. The Morgan fingerprint density at radius 2 is 1.66 bits per heavy atom. The zero-order valence-corrected chi connectivity index (χ0v) is 24.2. The van der Waals surface area contributed by atoms with Crippen molar-refractivity contribution in [3.8, 4) is 11.3 Å². The number of hydrogen-bond acceptors (Lipinski definition) is 6. The largest absolute Gasteiger partial charge is 0.524 e. The van der Waals surface area contributed by atoms with E-state index in [9.17, 15) is 24.6 Å². The fraction of sp³-hybridized carbons (Fsp3) is 0.600. The number of hydrogen-bond donors (Lipinski definition) is 5. The van der Waals surface area contributed by atoms with Crippen molar-refractivity contribution in [1.82, 2.24) is 15.3 Å². The van der Waals surface area contributed by atoms with E-state index >= 15 is 0 Å². The van der Waals surface area contributed by atoms with E-state index in [2.05, 4.69) is 46.1 Å². The maximum absolute atomic E-state index is 13.1. The zero-order chi connectivity index (χ0) is 29.5. The molecule has 3 aliphatic rings. The van der Waals surface area contributed by atoms with Gasteiger partial charge in [-0.1, -0.05) is 32.9 Å². The lowest BCUT2D eigenvalue weighted by molar-refractivity contribution is -0.836. The topological polar surface area (TPSA) is 154 Å². The van der Waals surface area contributed by atoms with Crippen molar-refractivity contribution >= 4 is 24.0 Å². The summed E-state index contributed by atoms with van der Waals surface area (Å²) in [4.78, 5) is 45.7. The number of carbonyl (C=O) groups excluding carboxylic acids is 1. The Hall–Kier alpha value is -3.44. The van der Waals surface area contributed by atoms with Crippen LogP contribution in [0, 0.1) is 35.0 Å². The predicted molar refractivity (Wildman–Crippen MR) is 152 cm³/mol. The summed E-state index contributed by atoms with van der Waals surface area (Å²) in [6, 6.07) is 6.23. The van der Waals surface area contributed by atoms with Crippen LogP contribution in [0.2, 0.25) is 0 Å². The molecule has 1 saturated carbocycles. The minimum atomic E-state index is -1.34. The van der Waals surface area contributed by atoms with Crippen LogP contribution >= 0.6 is 0 Å². The third kappa shape index (κ3) is 5.57. The molecule has 222 valence electrons. The van der Waals surface area contributed by atoms with Crippen LogP contribution in [0.3, 0.4) is 0 Å². The number of quaternary nitrogens is 1. The molecule has 2 aliphatic heterocycles. The average molecular weight is 569 g/mol. The van der Waals surface area contributed by atoms with Gasteiger partial charge in [-0.15, -0.1) is 4.48 Å². The number of carboxylic acid groups (broad SMARTS) is 2. The van der Waals surface area contributed by atoms with Crippen LogP contribution in [0.15, 0.2) is 30.5 Å². The van der Waals surface area contributed by atoms with Crippen LogP contribution in [0.1, 0.15) is 58.3 Å². The van der Waals surface area contributed by atoms with E-state index in [0.717, 1.165) is 44.3 Å². The van der Waals surface area contributed by atoms with Gasteiger partial charge in [-0.25, -0.2) is 9.78 Å². The molecule has 5 rings (SSSR count). The molecule has 0 spiro atoms. The fourth-order valence-corrected chi connectivity index (χ4v) is 7.54. The van der Waals surface area contributed by atoms with E-state index in [1.165, 1.54) is 7.11 Å². The number of anilines is 1. The first kappa shape index (κ1) is 29.1. The van der Waals surface area contributed by atoms with Crippen LogP contribution in [0.4, 0.5) is 20.1 Å². The second-order valence-electron chi connectivity index (χ2n) is 13.1. The first-order valence-electron chi connectivity index (χ1n) is 14.5. The highest BCUT2D eigenvalue weighted by Gasteiger charge is 2.66. The Kier molecular flexibility index (Phi) is 7.86. The molecule has 1 aromatic heterocycles. The molecular formula is C30H42N5O6+. The average Bonchev–Trinajstić information content (AvgIpc) is 3.63. The van der Waals surface area contributed by atoms with Gasteiger partial charge in [-0.2, -0.15) is 9.59 Å². The van der Waals surface area contributed by atoms with Crippen molar-refractivity contribution < 1.29 is 33.8 Å². The molecule has 11 nitrogen and oxygen atoms in total. The lowest BCUT2D eigenvalue weighted by atomic mass is 9.70. The summed E-state index contributed by atoms with van der Waals surface area (Å²) < 4.78 is 3.59. The SMILES string of the molecule is COC(=O)Nc1ccc(-c2cnc(C3C(C4CC4C(C)(C)C)CC(C4CCNCC4)C[N+]3(C(=O)O)C(=O)O)[nH]2)cc1. The third-order valence-corrected chi connectivity index (χ3v) is 9.72. The fourth-order valence-electron chi connectivity index (χ4n) is 7.54. The highest BCUT2D eigenvalue weighted by molar-refractivity contribution is 5.84. The molecule has 2 aromatic rings. The highest BCUT2D eigenvalue weighted by Crippen LogP contribution is 2.62. The first-order valence-corrected chi connectivity index (χ1v) is 14.5. The second kappa shape index (κ2) is 11.1. The lowest BCUT2D eigenvalue weighted by Crippen LogP contribution is -2.65. The Labute approximate surface area is 240 Å². The van der Waals surface area contributed by atoms with Gasteiger partial charge >= 0.3 is 18.3 Å². The number of H-pyrrole nitrogens is 1. The number of nitrogens with zero attached hydrogens (tertiary/aromatic N) is 2. The molecule has 1 aliphatic carbocycles. The third-order valence-electron chi connectivity index (χ3n) is 9.72. The summed E-state index contributed by atoms with van der Waals surface area (Å²) >= 11 is 0. The Morgan fingerprint density at radius 3 is 2.22 bits per heavy atom. The standard InChI is InChI=1S/C30H41N5O6/c1-30(2,3)23-14-21(23)22-13-19(17-9-11-31-12-10-17)16-35(28(37)38,29(39)40)25(22)26-32-15-24(34-26)18-5-7-20(8-6-18)33-27(36)41-4/h5-8,15,17,19,21-23,25,31H,9-14,16H2,1-4H3,(H3-,32,33,34,36,37,38,39,40)/p+1. The number of ether oxygens (including phenoxy) is 1. The molecule has 3 fully saturated rings. The molecule has 5 N–H and O–H groups in total. The molecule has 0 radical (unpaired) electrons. The molecule has 5 atom stereocenters. The quantitative estimate of drug-likeness (QED) is 0.284. The molecule has 11 heteroatoms. The number of rotatable bonds is 5. The van der Waals surface area contributed by atoms with Gasteiger partial charge in [0.1, 0.15) is 6.54 Å². The van der Waals surface area contributed by atoms with Gasteiger partial charge in [-0.05, 0) is 79.6 Å². The summed E-state index contributed by atoms with van der Waals surface area (Å²) in [5, 5.41) is 27.4. The number of benzene rings is 1. The van der Waals surface area contributed by atoms with Gasteiger partial charge in [0.15, 0.2) is 11.9 Å². The maximum atomic E-state index is 13.1. The van der Waals surface area contributed by atoms with Crippen LogP contribution in [0.25, 0.3) is 11.3 Å². The first-order chi connectivity index (χ1) is 19.5. The predicted octanol–water partition coefficient (Wildman–Crippen LogP) is 5.79. The van der Waals surface area contributed by atoms with Gasteiger partial charge in [0.25, 0.3) is 0 Å². The number of nitrogens with one attached hydrogen (secondary N) is 3. The normalized spacial score (nSPS) is 28.0. The molecular weight excluding hydrogens is 526 g/mol. The monoisotopic (exact) mass is 568 g/mol. The van der Waals surface area contributed by atoms with E-state index in [1.54, 1.807) is 30.5 Å². The Morgan fingerprint density at radius 1 is 1.00 bits per heavy atom. The van der Waals surface area contributed by atoms with E-state index in [1.807, 2.05) is 0 Å². The van der Waals surface area contributed by atoms with Gasteiger partial charge in [0, 0.05) is 17.5 Å². The Balaban J connectivity index is 1.53. The van der Waals surface area contributed by atoms with Gasteiger partial charge in [0.05, 0.1) is 19.0 Å². The molecule has 41 heavy (non-hydrogen) atoms. The highest BCUT2D eigenvalue weighted by atomic mass is 16.5. The number of methoxy groups -OCH3 is 1. The van der Waals surface area contributed by atoms with Crippen molar-refractivity contribution in [3.05, 3.63) is 36.3 Å². The molecule has 0 bridgehead atoms. The minimum Gasteiger partial charge on any atom is -0.453 e. The van der Waals surface area contributed by atoms with Crippen molar-refractivity contribution in [1.29, 1.82) is 0 Å². The van der Waals surface area contributed by atoms with Gasteiger partial charge < -0.3 is 25.3 Å². The van der Waals surface area contributed by atoms with E-state index in [4.69, 9.17) is 0 Å². The van der Waals surface area contributed by atoms with Crippen molar-refractivity contribution in [3.63, 3.8) is 0 Å². The number of amides is 3. The van der Waals surface area contributed by atoms with Crippen molar-refractivity contribution in [2.45, 2.75) is 52.5 Å². The smallest absolute Gasteiger partial charge is 0.453 e. The van der Waals surface area contributed by atoms with Crippen LogP contribution in [-0.4, -0.2) is 69.7 Å². The summed E-state index contributed by atoms with van der Waals surface area (Å²) in [5.74, 6) is 1.21. The molecule has 3 heterocycles. The summed E-state index contributed by atoms with van der Waals surface area (Å²) in [6.07, 6.45) is 2.02. The molecule has 5 unspecified atom stereocenters. The number of aromatic amines is 1. The zero-order valence-electron chi connectivity index (χ0n) is 24.2. The van der Waals surface area contributed by atoms with Crippen molar-refractivity contribution in [2.75, 3.05) is 32.1 Å². The van der Waals surface area contributed by atoms with Crippen LogP contribution < -0.4 is 10.6 Å². The summed E-state index contributed by atoms with van der Waals surface area (Å²) in [6.45, 7) is 8.42. The minimum absolute atomic E-state index is 0.0102. The molecule has 3 amide bonds. The van der Waals surface area contributed by atoms with E-state index in [-0.39, 0.29) is 29.7 Å². The van der Waals surface area contributed by atoms with Gasteiger partial charge in [-0.3, -0.25) is 5.32 Å². The van der Waals surface area contributed by atoms with E-state index < -0.39 is 28.8 Å². The number of aromatic nitrogens is 2. The van der Waals surface area contributed by atoms with Crippen LogP contribution in [-0.2, 0) is 4.74 Å². The summed E-state index contributed by atoms with van der Waals surface area (Å²) in [5.41, 5.74) is 2.04. The van der Waals surface area contributed by atoms with Crippen LogP contribution in [0.5, 0.6) is 0 Å². The number of likely N-dealkylation sites (tertiary alicyclic amines) is 1. The number of carbonyl (C=O) groups is 3. The van der Waals surface area contributed by atoms with Crippen molar-refractivity contribution in [2.24, 2.45) is 35.0 Å². The maximum Gasteiger partial charge on any atom is 0.524 e. The number of piperidine rings is 2. The number of imide groups is 1. The lowest BCUT2D eigenvalue weighted by Gasteiger charge is -2.47. The summed E-state index contributed by atoms with van der Waals surface area (Å²) in [7, 11) is 1.29. The van der Waals surface area contributed by atoms with Gasteiger partial charge in [0.2, 0.25) is 0 Å². The second-order valence-corrected chi connectivity index (χ2v) is 13.1.